The van der Waals surface area contributed by atoms with Crippen LogP contribution in [0.3, 0.4) is 0 Å². The van der Waals surface area contributed by atoms with Crippen molar-refractivity contribution in [2.75, 3.05) is 7.11 Å². The Morgan fingerprint density at radius 2 is 2.04 bits per heavy atom. The van der Waals surface area contributed by atoms with Gasteiger partial charge in [-0.05, 0) is 30.3 Å². The number of rotatable bonds is 2. The van der Waals surface area contributed by atoms with Gasteiger partial charge in [0.25, 0.3) is 5.56 Å². The third kappa shape index (κ3) is 1.97. The summed E-state index contributed by atoms with van der Waals surface area (Å²) in [7, 11) is 1.60. The highest BCUT2D eigenvalue weighted by molar-refractivity contribution is 6.06. The Hall–Kier alpha value is -3.54. The van der Waals surface area contributed by atoms with Gasteiger partial charge in [-0.25, -0.2) is 0 Å². The van der Waals surface area contributed by atoms with Gasteiger partial charge in [-0.2, -0.15) is 9.78 Å². The Morgan fingerprint density at radius 3 is 2.92 bits per heavy atom. The Balaban J connectivity index is 1.82. The summed E-state index contributed by atoms with van der Waals surface area (Å²) in [4.78, 5) is 16.3. The lowest BCUT2D eigenvalue weighted by atomic mass is 10.2. The van der Waals surface area contributed by atoms with Gasteiger partial charge in [0.05, 0.1) is 24.2 Å². The second-order valence-electron chi connectivity index (χ2n) is 5.81. The quantitative estimate of drug-likeness (QED) is 0.537. The van der Waals surface area contributed by atoms with Crippen molar-refractivity contribution >= 4 is 21.8 Å². The molecule has 2 aliphatic rings. The maximum absolute atomic E-state index is 13.1. The first-order valence-electron chi connectivity index (χ1n) is 7.81. The first-order chi connectivity index (χ1) is 12.2. The van der Waals surface area contributed by atoms with E-state index >= 15 is 0 Å². The van der Waals surface area contributed by atoms with E-state index in [1.807, 2.05) is 42.5 Å². The predicted molar refractivity (Wildman–Crippen MR) is 94.6 cm³/mol. The third-order valence-corrected chi connectivity index (χ3v) is 4.38. The van der Waals surface area contributed by atoms with Crippen LogP contribution in [-0.2, 0) is 0 Å². The number of hydrogen-bond donors (Lipinski definition) is 1. The lowest BCUT2D eigenvalue weighted by molar-refractivity contribution is 0.415. The van der Waals surface area contributed by atoms with E-state index in [1.165, 1.54) is 4.68 Å². The molecule has 1 aromatic carbocycles. The standard InChI is InChI=1S/C19H13N3O3/c1-24-12-6-7-14-13(9-12)18-15(21-14)10-20-22(19(18)23)17-8-5-11-3-2-4-16(11)25-17/h2-10,21H,1H3. The fourth-order valence-corrected chi connectivity index (χ4v) is 3.15. The fraction of sp³-hybridized carbons (Fsp3) is 0.0526. The van der Waals surface area contributed by atoms with E-state index in [0.717, 1.165) is 16.5 Å². The van der Waals surface area contributed by atoms with Crippen LogP contribution in [0.1, 0.15) is 0 Å². The minimum absolute atomic E-state index is 0.244. The molecular formula is C19H13N3O3. The molecule has 5 rings (SSSR count). The first kappa shape index (κ1) is 13.9. The summed E-state index contributed by atoms with van der Waals surface area (Å²) < 4.78 is 12.4. The summed E-state index contributed by atoms with van der Waals surface area (Å²) in [5.74, 6) is 1.79. The summed E-state index contributed by atoms with van der Waals surface area (Å²) in [6, 6.07) is 15.0. The van der Waals surface area contributed by atoms with E-state index in [4.69, 9.17) is 9.15 Å². The number of nitrogens with zero attached hydrogens (tertiary/aromatic N) is 2. The van der Waals surface area contributed by atoms with Crippen molar-refractivity contribution in [2.24, 2.45) is 0 Å². The van der Waals surface area contributed by atoms with E-state index in [9.17, 15) is 4.79 Å². The molecule has 1 aliphatic carbocycles. The number of methoxy groups -OCH3 is 1. The van der Waals surface area contributed by atoms with E-state index in [-0.39, 0.29) is 5.56 Å². The summed E-state index contributed by atoms with van der Waals surface area (Å²) in [5.41, 5.74) is 2.27. The van der Waals surface area contributed by atoms with Gasteiger partial charge >= 0.3 is 0 Å². The zero-order valence-corrected chi connectivity index (χ0v) is 13.3. The summed E-state index contributed by atoms with van der Waals surface area (Å²) >= 11 is 0. The number of aromatic amines is 1. The maximum atomic E-state index is 13.1. The number of H-pyrrole nitrogens is 1. The Morgan fingerprint density at radius 1 is 1.12 bits per heavy atom. The van der Waals surface area contributed by atoms with E-state index < -0.39 is 0 Å². The number of benzene rings is 1. The van der Waals surface area contributed by atoms with Gasteiger partial charge in [-0.15, -0.1) is 0 Å². The van der Waals surface area contributed by atoms with E-state index in [0.29, 0.717) is 28.3 Å². The molecule has 25 heavy (non-hydrogen) atoms. The first-order valence-corrected chi connectivity index (χ1v) is 7.81. The van der Waals surface area contributed by atoms with Crippen molar-refractivity contribution in [2.45, 2.75) is 0 Å². The van der Waals surface area contributed by atoms with E-state index in [2.05, 4.69) is 10.1 Å². The number of nitrogens with one attached hydrogen (secondary N) is 1. The van der Waals surface area contributed by atoms with Gasteiger partial charge in [0.1, 0.15) is 11.5 Å². The molecule has 0 amide bonds. The fourth-order valence-electron chi connectivity index (χ4n) is 3.15. The highest BCUT2D eigenvalue weighted by atomic mass is 16.5. The van der Waals surface area contributed by atoms with Gasteiger partial charge in [0.15, 0.2) is 0 Å². The van der Waals surface area contributed by atoms with Crippen LogP contribution in [-0.4, -0.2) is 21.9 Å². The zero-order valence-electron chi connectivity index (χ0n) is 13.3. The largest absolute Gasteiger partial charge is 0.497 e. The molecule has 0 saturated carbocycles. The summed E-state index contributed by atoms with van der Waals surface area (Å²) in [5, 5.41) is 5.61. The molecule has 3 aromatic rings. The molecule has 0 unspecified atom stereocenters. The molecule has 0 radical (unpaired) electrons. The molecule has 0 spiro atoms. The number of aromatic nitrogens is 3. The zero-order chi connectivity index (χ0) is 17.0. The summed E-state index contributed by atoms with van der Waals surface area (Å²) in [6.45, 7) is 0. The molecule has 6 nitrogen and oxygen atoms in total. The molecule has 0 saturated heterocycles. The van der Waals surface area contributed by atoms with Gasteiger partial charge in [0.2, 0.25) is 5.88 Å². The molecule has 0 bridgehead atoms. The lowest BCUT2D eigenvalue weighted by Gasteiger charge is -2.06. The normalized spacial score (nSPS) is 11.6. The topological polar surface area (TPSA) is 73.0 Å². The molecule has 122 valence electrons. The molecular weight excluding hydrogens is 318 g/mol. The second kappa shape index (κ2) is 4.98. The smallest absolute Gasteiger partial charge is 0.284 e. The lowest BCUT2D eigenvalue weighted by Crippen LogP contribution is -2.20. The van der Waals surface area contributed by atoms with Gasteiger partial charge in [-0.1, -0.05) is 12.1 Å². The maximum Gasteiger partial charge on any atom is 0.284 e. The molecule has 0 fully saturated rings. The van der Waals surface area contributed by atoms with Crippen LogP contribution in [0, 0.1) is 0 Å². The highest BCUT2D eigenvalue weighted by Gasteiger charge is 2.15. The number of hydrogen-bond acceptors (Lipinski definition) is 4. The second-order valence-corrected chi connectivity index (χ2v) is 5.81. The Labute approximate surface area is 141 Å². The van der Waals surface area contributed by atoms with Crippen molar-refractivity contribution in [1.29, 1.82) is 0 Å². The van der Waals surface area contributed by atoms with Crippen LogP contribution >= 0.6 is 0 Å². The minimum atomic E-state index is -0.244. The average molecular weight is 331 g/mol. The van der Waals surface area contributed by atoms with Crippen LogP contribution < -0.4 is 10.3 Å². The van der Waals surface area contributed by atoms with Crippen LogP contribution in [0.5, 0.6) is 5.75 Å². The van der Waals surface area contributed by atoms with Crippen molar-refractivity contribution < 1.29 is 9.15 Å². The number of fused-ring (bicyclic) bond motifs is 4. The third-order valence-electron chi connectivity index (χ3n) is 4.38. The molecule has 0 atom stereocenters. The molecule has 1 N–H and O–H groups in total. The Kier molecular flexibility index (Phi) is 2.76. The van der Waals surface area contributed by atoms with Gasteiger partial charge in [-0.3, -0.25) is 4.79 Å². The summed E-state index contributed by atoms with van der Waals surface area (Å²) in [6.07, 6.45) is 1.63. The molecule has 2 aromatic heterocycles. The van der Waals surface area contributed by atoms with Crippen molar-refractivity contribution in [1.82, 2.24) is 14.8 Å². The highest BCUT2D eigenvalue weighted by Crippen LogP contribution is 2.28. The van der Waals surface area contributed by atoms with Crippen LogP contribution in [0.15, 0.2) is 63.9 Å². The molecule has 6 heteroatoms. The van der Waals surface area contributed by atoms with Gasteiger partial charge in [0, 0.05) is 22.5 Å². The van der Waals surface area contributed by atoms with Crippen LogP contribution in [0.25, 0.3) is 39.0 Å². The van der Waals surface area contributed by atoms with Crippen LogP contribution in [0.2, 0.25) is 0 Å². The monoisotopic (exact) mass is 331 g/mol. The Bertz CT molecular complexity index is 1260. The minimum Gasteiger partial charge on any atom is -0.497 e. The molecule has 3 heterocycles. The number of ether oxygens (including phenoxy) is 1. The molecule has 1 aliphatic heterocycles. The van der Waals surface area contributed by atoms with E-state index in [1.54, 1.807) is 19.4 Å². The SMILES string of the molecule is COc1ccc2[nH]c3cnn(-c4ccc5cccc-5o4)c(=O)c3c2c1. The van der Waals surface area contributed by atoms with Crippen LogP contribution in [0.4, 0.5) is 0 Å². The average Bonchev–Trinajstić information content (AvgIpc) is 3.25. The van der Waals surface area contributed by atoms with Crippen molar-refractivity contribution in [3.63, 3.8) is 0 Å². The van der Waals surface area contributed by atoms with Gasteiger partial charge < -0.3 is 14.1 Å². The van der Waals surface area contributed by atoms with Crippen molar-refractivity contribution in [3.8, 4) is 23.0 Å². The van der Waals surface area contributed by atoms with Crippen molar-refractivity contribution in [3.05, 3.63) is 65.1 Å². The predicted octanol–water partition coefficient (Wildman–Crippen LogP) is 3.57.